The van der Waals surface area contributed by atoms with Crippen molar-refractivity contribution < 1.29 is 9.53 Å². The molecule has 1 amide bonds. The lowest BCUT2D eigenvalue weighted by molar-refractivity contribution is -0.116. The van der Waals surface area contributed by atoms with Crippen molar-refractivity contribution in [1.82, 2.24) is 9.55 Å². The number of fused-ring (bicyclic) bond motifs is 1. The molecule has 1 aromatic carbocycles. The first-order valence-corrected chi connectivity index (χ1v) is 8.28. The van der Waals surface area contributed by atoms with Crippen LogP contribution in [0.3, 0.4) is 0 Å². The molecule has 0 bridgehead atoms. The second-order valence-corrected chi connectivity index (χ2v) is 6.42. The molecule has 23 heavy (non-hydrogen) atoms. The van der Waals surface area contributed by atoms with Crippen LogP contribution < -0.4 is 15.6 Å². The van der Waals surface area contributed by atoms with E-state index in [0.29, 0.717) is 27.4 Å². The molecule has 0 radical (unpaired) electrons. The van der Waals surface area contributed by atoms with Gasteiger partial charge in [0, 0.05) is 29.5 Å². The third-order valence-electron chi connectivity index (χ3n) is 3.47. The predicted molar refractivity (Wildman–Crippen MR) is 89.5 cm³/mol. The minimum atomic E-state index is -0.209. The predicted octanol–water partition coefficient (Wildman–Crippen LogP) is 2.58. The summed E-state index contributed by atoms with van der Waals surface area (Å²) in [5.41, 5.74) is 0.368. The van der Waals surface area contributed by atoms with Crippen molar-refractivity contribution in [2.24, 2.45) is 0 Å². The molecule has 0 aliphatic carbocycles. The Labute approximate surface area is 141 Å². The Morgan fingerprint density at radius 2 is 2.35 bits per heavy atom. The van der Waals surface area contributed by atoms with Crippen LogP contribution in [-0.2, 0) is 4.79 Å². The first kappa shape index (κ1) is 15.9. The molecule has 0 unspecified atom stereocenters. The highest BCUT2D eigenvalue weighted by Gasteiger charge is 2.27. The van der Waals surface area contributed by atoms with Crippen LogP contribution in [0.25, 0.3) is 0 Å². The Balaban J connectivity index is 1.75. The number of carbonyl (C=O) groups excluding carboxylic acids is 1. The van der Waals surface area contributed by atoms with E-state index in [-0.39, 0.29) is 23.9 Å². The van der Waals surface area contributed by atoms with Crippen molar-refractivity contribution in [3.05, 3.63) is 45.8 Å². The number of hydrogen-bond donors (Lipinski definition) is 1. The number of hydrogen-bond acceptors (Lipinski definition) is 5. The molecule has 2 heterocycles. The van der Waals surface area contributed by atoms with E-state index in [1.54, 1.807) is 22.8 Å². The number of aromatic nitrogens is 2. The summed E-state index contributed by atoms with van der Waals surface area (Å²) >= 11 is 7.43. The lowest BCUT2D eigenvalue weighted by atomic mass is 10.2. The third-order valence-corrected chi connectivity index (χ3v) is 4.82. The Kier molecular flexibility index (Phi) is 4.58. The molecule has 0 saturated heterocycles. The van der Waals surface area contributed by atoms with Crippen LogP contribution in [0.15, 0.2) is 40.4 Å². The summed E-state index contributed by atoms with van der Waals surface area (Å²) in [7, 11) is 1.52. The maximum absolute atomic E-state index is 12.3. The van der Waals surface area contributed by atoms with Crippen LogP contribution in [0.2, 0.25) is 5.02 Å². The van der Waals surface area contributed by atoms with Gasteiger partial charge in [-0.2, -0.15) is 0 Å². The third kappa shape index (κ3) is 3.35. The van der Waals surface area contributed by atoms with E-state index in [1.807, 2.05) is 0 Å². The maximum Gasteiger partial charge on any atom is 0.254 e. The van der Waals surface area contributed by atoms with E-state index in [4.69, 9.17) is 16.3 Å². The molecule has 120 valence electrons. The number of halogens is 1. The fraction of sp³-hybridized carbons (Fsp3) is 0.267. The van der Waals surface area contributed by atoms with E-state index >= 15 is 0 Å². The number of ether oxygens (including phenoxy) is 1. The van der Waals surface area contributed by atoms with Crippen LogP contribution in [0.5, 0.6) is 5.75 Å². The van der Waals surface area contributed by atoms with E-state index < -0.39 is 0 Å². The van der Waals surface area contributed by atoms with Gasteiger partial charge < -0.3 is 10.1 Å². The second kappa shape index (κ2) is 6.64. The average molecular weight is 352 g/mol. The maximum atomic E-state index is 12.3. The first-order valence-electron chi connectivity index (χ1n) is 6.92. The molecule has 0 spiro atoms. The fourth-order valence-electron chi connectivity index (χ4n) is 2.43. The van der Waals surface area contributed by atoms with E-state index in [2.05, 4.69) is 10.3 Å². The number of rotatable bonds is 4. The summed E-state index contributed by atoms with van der Waals surface area (Å²) in [4.78, 5) is 28.4. The van der Waals surface area contributed by atoms with E-state index in [1.165, 1.54) is 31.1 Å². The minimum Gasteiger partial charge on any atom is -0.495 e. The summed E-state index contributed by atoms with van der Waals surface area (Å²) in [5.74, 6) is 0.967. The van der Waals surface area contributed by atoms with Crippen LogP contribution >= 0.6 is 23.4 Å². The highest BCUT2D eigenvalue weighted by Crippen LogP contribution is 2.32. The number of thioether (sulfide) groups is 1. The largest absolute Gasteiger partial charge is 0.495 e. The number of anilines is 1. The zero-order chi connectivity index (χ0) is 16.4. The van der Waals surface area contributed by atoms with Gasteiger partial charge in [-0.25, -0.2) is 4.98 Å². The number of amides is 1. The first-order chi connectivity index (χ1) is 11.1. The Bertz CT molecular complexity index is 809. The van der Waals surface area contributed by atoms with Gasteiger partial charge >= 0.3 is 0 Å². The molecule has 0 saturated carbocycles. The van der Waals surface area contributed by atoms with Crippen molar-refractivity contribution in [2.75, 3.05) is 18.2 Å². The van der Waals surface area contributed by atoms with Crippen molar-refractivity contribution in [2.45, 2.75) is 17.6 Å². The molecule has 3 rings (SSSR count). The molecular formula is C15H14ClN3O3S. The summed E-state index contributed by atoms with van der Waals surface area (Å²) in [6.07, 6.45) is 1.67. The van der Waals surface area contributed by atoms with Gasteiger partial charge in [-0.1, -0.05) is 23.4 Å². The van der Waals surface area contributed by atoms with Crippen molar-refractivity contribution >= 4 is 35.0 Å². The number of carbonyl (C=O) groups is 1. The summed E-state index contributed by atoms with van der Waals surface area (Å²) in [6.45, 7) is 0. The molecule has 1 atom stereocenters. The average Bonchev–Trinajstić information content (AvgIpc) is 2.92. The van der Waals surface area contributed by atoms with Crippen LogP contribution in [0, 0.1) is 0 Å². The van der Waals surface area contributed by atoms with Crippen LogP contribution in [0.4, 0.5) is 5.69 Å². The quantitative estimate of drug-likeness (QED) is 0.857. The van der Waals surface area contributed by atoms with E-state index in [9.17, 15) is 9.59 Å². The topological polar surface area (TPSA) is 73.2 Å². The Morgan fingerprint density at radius 1 is 1.52 bits per heavy atom. The highest BCUT2D eigenvalue weighted by molar-refractivity contribution is 7.99. The normalized spacial score (nSPS) is 16.0. The molecule has 8 heteroatoms. The van der Waals surface area contributed by atoms with Crippen molar-refractivity contribution in [3.8, 4) is 5.75 Å². The number of nitrogens with one attached hydrogen (secondary N) is 1. The van der Waals surface area contributed by atoms with Crippen molar-refractivity contribution in [3.63, 3.8) is 0 Å². The lowest BCUT2D eigenvalue weighted by Gasteiger charge is -2.14. The molecule has 6 nitrogen and oxygen atoms in total. The Hall–Kier alpha value is -1.99. The zero-order valence-corrected chi connectivity index (χ0v) is 13.9. The fourth-order valence-corrected chi connectivity index (χ4v) is 3.73. The molecule has 1 aliphatic rings. The van der Waals surface area contributed by atoms with Gasteiger partial charge in [0.1, 0.15) is 5.75 Å². The molecule has 1 N–H and O–H groups in total. The monoisotopic (exact) mass is 351 g/mol. The molecular weight excluding hydrogens is 338 g/mol. The molecule has 1 aromatic heterocycles. The summed E-state index contributed by atoms with van der Waals surface area (Å²) in [5, 5.41) is 3.94. The van der Waals surface area contributed by atoms with Gasteiger partial charge in [-0.15, -0.1) is 0 Å². The second-order valence-electron chi connectivity index (χ2n) is 5.00. The van der Waals surface area contributed by atoms with Gasteiger partial charge in [0.15, 0.2) is 5.16 Å². The minimum absolute atomic E-state index is 0.141. The number of nitrogens with zero attached hydrogens (tertiary/aromatic N) is 2. The van der Waals surface area contributed by atoms with Gasteiger partial charge in [0.2, 0.25) is 5.91 Å². The number of methoxy groups -OCH3 is 1. The van der Waals surface area contributed by atoms with Gasteiger partial charge in [0.25, 0.3) is 5.56 Å². The zero-order valence-electron chi connectivity index (χ0n) is 12.3. The lowest BCUT2D eigenvalue weighted by Crippen LogP contribution is -2.26. The highest BCUT2D eigenvalue weighted by atomic mass is 35.5. The number of benzene rings is 1. The Morgan fingerprint density at radius 3 is 3.13 bits per heavy atom. The SMILES string of the molecule is COc1ccc(Cl)cc1NC(=O)C[C@@H]1CSc2nccc(=O)n21. The van der Waals surface area contributed by atoms with E-state index in [0.717, 1.165) is 0 Å². The van der Waals surface area contributed by atoms with Gasteiger partial charge in [0.05, 0.1) is 18.8 Å². The molecule has 0 fully saturated rings. The summed E-state index contributed by atoms with van der Waals surface area (Å²) < 4.78 is 6.77. The smallest absolute Gasteiger partial charge is 0.254 e. The molecule has 2 aromatic rings. The standard InChI is InChI=1S/C15H14ClN3O3S/c1-22-12-3-2-9(16)6-11(12)18-13(20)7-10-8-23-15-17-5-4-14(21)19(10)15/h2-6,10H,7-8H2,1H3,(H,18,20)/t10-/m1/s1. The van der Waals surface area contributed by atoms with Crippen LogP contribution in [-0.4, -0.2) is 28.3 Å². The molecule has 1 aliphatic heterocycles. The van der Waals surface area contributed by atoms with Gasteiger partial charge in [-0.3, -0.25) is 14.2 Å². The summed E-state index contributed by atoms with van der Waals surface area (Å²) in [6, 6.07) is 6.20. The van der Waals surface area contributed by atoms with Crippen molar-refractivity contribution in [1.29, 1.82) is 0 Å². The van der Waals surface area contributed by atoms with Gasteiger partial charge in [-0.05, 0) is 18.2 Å². The van der Waals surface area contributed by atoms with Crippen LogP contribution in [0.1, 0.15) is 12.5 Å².